The fourth-order valence-electron chi connectivity index (χ4n) is 1.73. The van der Waals surface area contributed by atoms with Crippen LogP contribution >= 0.6 is 0 Å². The first-order valence-corrected chi connectivity index (χ1v) is 7.53. The van der Waals surface area contributed by atoms with Gasteiger partial charge in [-0.3, -0.25) is 9.35 Å². The topological polar surface area (TPSA) is 112 Å². The van der Waals surface area contributed by atoms with Gasteiger partial charge in [-0.25, -0.2) is 0 Å². The van der Waals surface area contributed by atoms with Crippen molar-refractivity contribution in [3.63, 3.8) is 0 Å². The summed E-state index contributed by atoms with van der Waals surface area (Å²) in [6.07, 6.45) is 2.70. The van der Waals surface area contributed by atoms with Gasteiger partial charge in [0.05, 0.1) is 0 Å². The molecule has 2 rings (SSSR count). The standard InChI is InChI=1S/C15H12O6S/c16-12-5-1-10(2-6-12)3-7-13(17)11-4-8-14(18)15(9-11)22(19,20)21/h1-9,16,18H,(H,19,20,21)/b7-3+. The Kier molecular flexibility index (Phi) is 4.30. The van der Waals surface area contributed by atoms with Crippen molar-refractivity contribution in [3.05, 3.63) is 59.7 Å². The van der Waals surface area contributed by atoms with Crippen LogP contribution in [-0.2, 0) is 10.1 Å². The molecular formula is C15H12O6S. The number of aromatic hydroxyl groups is 2. The van der Waals surface area contributed by atoms with E-state index in [9.17, 15) is 18.3 Å². The normalized spacial score (nSPS) is 11.7. The molecule has 0 aliphatic carbocycles. The highest BCUT2D eigenvalue weighted by Crippen LogP contribution is 2.24. The summed E-state index contributed by atoms with van der Waals surface area (Å²) in [6, 6.07) is 9.27. The molecule has 3 N–H and O–H groups in total. The molecular weight excluding hydrogens is 308 g/mol. The third-order valence-corrected chi connectivity index (χ3v) is 3.73. The van der Waals surface area contributed by atoms with Crippen LogP contribution in [0, 0.1) is 0 Å². The lowest BCUT2D eigenvalue weighted by atomic mass is 10.1. The van der Waals surface area contributed by atoms with Crippen molar-refractivity contribution in [1.29, 1.82) is 0 Å². The van der Waals surface area contributed by atoms with E-state index >= 15 is 0 Å². The average molecular weight is 320 g/mol. The Bertz CT molecular complexity index is 835. The van der Waals surface area contributed by atoms with E-state index in [1.54, 1.807) is 12.1 Å². The van der Waals surface area contributed by atoms with Gasteiger partial charge in [0.2, 0.25) is 0 Å². The second-order valence-corrected chi connectivity index (χ2v) is 5.84. The minimum Gasteiger partial charge on any atom is -0.508 e. The Morgan fingerprint density at radius 2 is 1.64 bits per heavy atom. The minimum absolute atomic E-state index is 0.000420. The fourth-order valence-corrected chi connectivity index (χ4v) is 2.34. The quantitative estimate of drug-likeness (QED) is 0.452. The number of ketones is 1. The number of carbonyl (C=O) groups excluding carboxylic acids is 1. The zero-order chi connectivity index (χ0) is 16.3. The molecule has 0 heterocycles. The van der Waals surface area contributed by atoms with Gasteiger partial charge >= 0.3 is 0 Å². The van der Waals surface area contributed by atoms with Gasteiger partial charge in [-0.05, 0) is 42.0 Å². The summed E-state index contributed by atoms with van der Waals surface area (Å²) in [5.41, 5.74) is 0.667. The first kappa shape index (κ1) is 15.7. The van der Waals surface area contributed by atoms with Crippen LogP contribution in [0.5, 0.6) is 11.5 Å². The van der Waals surface area contributed by atoms with Gasteiger partial charge in [-0.15, -0.1) is 0 Å². The summed E-state index contributed by atoms with van der Waals surface area (Å²) >= 11 is 0. The number of carbonyl (C=O) groups is 1. The molecule has 0 aliphatic heterocycles. The predicted octanol–water partition coefficient (Wildman–Crippen LogP) is 2.24. The second kappa shape index (κ2) is 6.00. The molecule has 0 atom stereocenters. The predicted molar refractivity (Wildman–Crippen MR) is 79.4 cm³/mol. The average Bonchev–Trinajstić information content (AvgIpc) is 2.45. The van der Waals surface area contributed by atoms with Gasteiger partial charge < -0.3 is 10.2 Å². The molecule has 22 heavy (non-hydrogen) atoms. The van der Waals surface area contributed by atoms with Gasteiger partial charge in [-0.2, -0.15) is 8.42 Å². The van der Waals surface area contributed by atoms with Crippen molar-refractivity contribution < 1.29 is 28.0 Å². The van der Waals surface area contributed by atoms with E-state index < -0.39 is 26.5 Å². The second-order valence-electron chi connectivity index (χ2n) is 4.45. The van der Waals surface area contributed by atoms with Gasteiger partial charge in [0.25, 0.3) is 10.1 Å². The van der Waals surface area contributed by atoms with E-state index in [0.29, 0.717) is 5.56 Å². The van der Waals surface area contributed by atoms with Crippen molar-refractivity contribution >= 4 is 22.0 Å². The Balaban J connectivity index is 2.28. The first-order chi connectivity index (χ1) is 10.3. The Labute approximate surface area is 126 Å². The number of phenolic OH excluding ortho intramolecular Hbond substituents is 2. The summed E-state index contributed by atoms with van der Waals surface area (Å²) in [6.45, 7) is 0. The highest BCUT2D eigenvalue weighted by molar-refractivity contribution is 7.86. The Morgan fingerprint density at radius 1 is 1.00 bits per heavy atom. The number of phenols is 2. The van der Waals surface area contributed by atoms with E-state index in [4.69, 9.17) is 9.66 Å². The van der Waals surface area contributed by atoms with Crippen molar-refractivity contribution in [2.75, 3.05) is 0 Å². The first-order valence-electron chi connectivity index (χ1n) is 6.09. The molecule has 0 saturated carbocycles. The molecule has 114 valence electrons. The van der Waals surface area contributed by atoms with Crippen LogP contribution in [0.1, 0.15) is 15.9 Å². The molecule has 0 saturated heterocycles. The molecule has 0 unspecified atom stereocenters. The van der Waals surface area contributed by atoms with Crippen molar-refractivity contribution in [1.82, 2.24) is 0 Å². The monoisotopic (exact) mass is 320 g/mol. The van der Waals surface area contributed by atoms with Crippen molar-refractivity contribution in [3.8, 4) is 11.5 Å². The fraction of sp³-hybridized carbons (Fsp3) is 0. The molecule has 0 amide bonds. The lowest BCUT2D eigenvalue weighted by Gasteiger charge is -2.03. The van der Waals surface area contributed by atoms with Crippen LogP contribution in [-0.4, -0.2) is 29.0 Å². The van der Waals surface area contributed by atoms with Gasteiger partial charge in [0.15, 0.2) is 5.78 Å². The zero-order valence-electron chi connectivity index (χ0n) is 11.2. The van der Waals surface area contributed by atoms with Crippen LogP contribution in [0.2, 0.25) is 0 Å². The van der Waals surface area contributed by atoms with Gasteiger partial charge in [0, 0.05) is 5.56 Å². The van der Waals surface area contributed by atoms with Crippen molar-refractivity contribution in [2.45, 2.75) is 4.90 Å². The number of rotatable bonds is 4. The largest absolute Gasteiger partial charge is 0.508 e. The van der Waals surface area contributed by atoms with Gasteiger partial charge in [-0.1, -0.05) is 18.2 Å². The van der Waals surface area contributed by atoms with Crippen LogP contribution in [0.15, 0.2) is 53.4 Å². The maximum atomic E-state index is 12.0. The smallest absolute Gasteiger partial charge is 0.298 e. The van der Waals surface area contributed by atoms with Crippen LogP contribution in [0.3, 0.4) is 0 Å². The minimum atomic E-state index is -4.62. The van der Waals surface area contributed by atoms with E-state index in [-0.39, 0.29) is 11.3 Å². The zero-order valence-corrected chi connectivity index (χ0v) is 12.0. The summed E-state index contributed by atoms with van der Waals surface area (Å²) in [5.74, 6) is -1.04. The SMILES string of the molecule is O=C(/C=C/c1ccc(O)cc1)c1ccc(O)c(S(=O)(=O)O)c1. The lowest BCUT2D eigenvalue weighted by molar-refractivity contribution is 0.104. The molecule has 0 spiro atoms. The number of hydrogen-bond donors (Lipinski definition) is 3. The highest BCUT2D eigenvalue weighted by Gasteiger charge is 2.17. The third kappa shape index (κ3) is 3.72. The van der Waals surface area contributed by atoms with E-state index in [0.717, 1.165) is 12.1 Å². The molecule has 2 aromatic carbocycles. The number of allylic oxidation sites excluding steroid dienone is 1. The molecule has 0 aromatic heterocycles. The summed E-state index contributed by atoms with van der Waals surface area (Å²) < 4.78 is 31.1. The summed E-state index contributed by atoms with van der Waals surface area (Å²) in [5, 5.41) is 18.5. The van der Waals surface area contributed by atoms with Crippen LogP contribution in [0.25, 0.3) is 6.08 Å². The Hall–Kier alpha value is -2.64. The van der Waals surface area contributed by atoms with Crippen LogP contribution < -0.4 is 0 Å². The maximum Gasteiger partial charge on any atom is 0.298 e. The van der Waals surface area contributed by atoms with E-state index in [1.165, 1.54) is 30.4 Å². The Morgan fingerprint density at radius 3 is 2.23 bits per heavy atom. The molecule has 0 bridgehead atoms. The van der Waals surface area contributed by atoms with Crippen molar-refractivity contribution in [2.24, 2.45) is 0 Å². The van der Waals surface area contributed by atoms with E-state index in [1.807, 2.05) is 0 Å². The summed E-state index contributed by atoms with van der Waals surface area (Å²) in [7, 11) is -4.62. The van der Waals surface area contributed by atoms with Gasteiger partial charge in [0.1, 0.15) is 16.4 Å². The summed E-state index contributed by atoms with van der Waals surface area (Å²) in [4.78, 5) is 11.3. The van der Waals surface area contributed by atoms with E-state index in [2.05, 4.69) is 0 Å². The molecule has 0 aliphatic rings. The van der Waals surface area contributed by atoms with Crippen LogP contribution in [0.4, 0.5) is 0 Å². The number of hydrogen-bond acceptors (Lipinski definition) is 5. The molecule has 7 heteroatoms. The number of benzene rings is 2. The molecule has 2 aromatic rings. The third-order valence-electron chi connectivity index (χ3n) is 2.84. The maximum absolute atomic E-state index is 12.0. The lowest BCUT2D eigenvalue weighted by Crippen LogP contribution is -2.02. The molecule has 0 radical (unpaired) electrons. The molecule has 0 fully saturated rings. The molecule has 6 nitrogen and oxygen atoms in total. The highest BCUT2D eigenvalue weighted by atomic mass is 32.2.